The number of ether oxygens (including phenoxy) is 1. The van der Waals surface area contributed by atoms with Crippen molar-refractivity contribution >= 4 is 48.9 Å². The predicted molar refractivity (Wildman–Crippen MR) is 106 cm³/mol. The molecule has 2 aromatic rings. The van der Waals surface area contributed by atoms with Gasteiger partial charge in [0.2, 0.25) is 10.0 Å². The van der Waals surface area contributed by atoms with E-state index in [0.717, 1.165) is 4.31 Å². The molecule has 11 heteroatoms. The van der Waals surface area contributed by atoms with Gasteiger partial charge in [0.1, 0.15) is 10.6 Å². The van der Waals surface area contributed by atoms with Crippen LogP contribution in [-0.2, 0) is 20.0 Å². The second-order valence-corrected chi connectivity index (χ2v) is 10.2. The maximum Gasteiger partial charge on any atom is 0.261 e. The monoisotopic (exact) mass is 452 g/mol. The van der Waals surface area contributed by atoms with Crippen LogP contribution in [0.1, 0.15) is 6.92 Å². The molecule has 0 saturated carbocycles. The second-order valence-electron chi connectivity index (χ2n) is 5.56. The van der Waals surface area contributed by atoms with Crippen molar-refractivity contribution in [2.75, 3.05) is 25.4 Å². The van der Waals surface area contributed by atoms with E-state index in [9.17, 15) is 16.8 Å². The van der Waals surface area contributed by atoms with Crippen LogP contribution in [0.3, 0.4) is 0 Å². The van der Waals surface area contributed by atoms with E-state index in [4.69, 9.17) is 27.9 Å². The topological polar surface area (TPSA) is 92.8 Å². The number of nitrogens with zero attached hydrogens (tertiary/aromatic N) is 1. The molecule has 0 spiro atoms. The van der Waals surface area contributed by atoms with Gasteiger partial charge in [-0.25, -0.2) is 21.1 Å². The Hall–Kier alpha value is -1.52. The van der Waals surface area contributed by atoms with Gasteiger partial charge in [-0.15, -0.1) is 0 Å². The summed E-state index contributed by atoms with van der Waals surface area (Å²) in [5.74, 6) is 0.128. The third-order valence-electron chi connectivity index (χ3n) is 3.46. The maximum atomic E-state index is 12.6. The van der Waals surface area contributed by atoms with Gasteiger partial charge in [0.05, 0.1) is 27.2 Å². The number of nitrogens with one attached hydrogen (secondary N) is 1. The summed E-state index contributed by atoms with van der Waals surface area (Å²) >= 11 is 11.7. The summed E-state index contributed by atoms with van der Waals surface area (Å²) in [7, 11) is -5.11. The van der Waals surface area contributed by atoms with Gasteiger partial charge in [-0.3, -0.25) is 4.72 Å². The lowest BCUT2D eigenvalue weighted by atomic mass is 10.3. The molecule has 0 amide bonds. The lowest BCUT2D eigenvalue weighted by Gasteiger charge is -2.17. The van der Waals surface area contributed by atoms with Gasteiger partial charge in [0.25, 0.3) is 10.0 Å². The van der Waals surface area contributed by atoms with E-state index in [1.807, 2.05) is 0 Å². The summed E-state index contributed by atoms with van der Waals surface area (Å²) in [5, 5.41) is 0.304. The third kappa shape index (κ3) is 4.85. The molecule has 0 bridgehead atoms. The fourth-order valence-electron chi connectivity index (χ4n) is 2.10. The Labute approximate surface area is 168 Å². The lowest BCUT2D eigenvalue weighted by Crippen LogP contribution is -2.23. The molecule has 0 fully saturated rings. The summed E-state index contributed by atoms with van der Waals surface area (Å²) in [6.45, 7) is 1.97. The Balaban J connectivity index is 2.49. The molecule has 0 aliphatic rings. The molecule has 2 aromatic carbocycles. The minimum atomic E-state index is -4.00. The Bertz CT molecular complexity index is 1050. The molecule has 0 atom stereocenters. The van der Waals surface area contributed by atoms with Crippen molar-refractivity contribution in [1.82, 2.24) is 4.31 Å². The van der Waals surface area contributed by atoms with Gasteiger partial charge >= 0.3 is 0 Å². The average molecular weight is 453 g/mol. The number of benzene rings is 2. The zero-order valence-corrected chi connectivity index (χ0v) is 17.9. The van der Waals surface area contributed by atoms with Crippen LogP contribution < -0.4 is 9.46 Å². The minimum absolute atomic E-state index is 0.0601. The number of sulfonamides is 2. The Morgan fingerprint density at radius 1 is 1.00 bits per heavy atom. The fraction of sp³-hybridized carbons (Fsp3) is 0.250. The van der Waals surface area contributed by atoms with Gasteiger partial charge in [-0.05, 0) is 43.3 Å². The Morgan fingerprint density at radius 2 is 1.67 bits per heavy atom. The van der Waals surface area contributed by atoms with E-state index in [0.29, 0.717) is 0 Å². The molecule has 1 N–H and O–H groups in total. The third-order valence-corrected chi connectivity index (χ3v) is 7.41. The van der Waals surface area contributed by atoms with Gasteiger partial charge in [0.15, 0.2) is 0 Å². The lowest BCUT2D eigenvalue weighted by molar-refractivity contribution is 0.330. The number of hydrogen-bond acceptors (Lipinski definition) is 5. The fourth-order valence-corrected chi connectivity index (χ4v) is 4.59. The minimum Gasteiger partial charge on any atom is -0.492 e. The molecular formula is C16H18Cl2N2O5S2. The molecule has 2 rings (SSSR count). The van der Waals surface area contributed by atoms with E-state index in [1.54, 1.807) is 6.92 Å². The van der Waals surface area contributed by atoms with Crippen molar-refractivity contribution in [3.8, 4) is 5.75 Å². The molecule has 0 unspecified atom stereocenters. The smallest absolute Gasteiger partial charge is 0.261 e. The quantitative estimate of drug-likeness (QED) is 0.694. The number of hydrogen-bond donors (Lipinski definition) is 1. The first-order chi connectivity index (χ1) is 12.5. The largest absolute Gasteiger partial charge is 0.492 e. The highest BCUT2D eigenvalue weighted by Gasteiger charge is 2.24. The van der Waals surface area contributed by atoms with Crippen molar-refractivity contribution in [2.45, 2.75) is 16.7 Å². The van der Waals surface area contributed by atoms with Crippen LogP contribution in [0.2, 0.25) is 10.0 Å². The molecule has 0 radical (unpaired) electrons. The molecule has 0 aliphatic carbocycles. The van der Waals surface area contributed by atoms with Gasteiger partial charge in [0, 0.05) is 14.1 Å². The molecule has 0 saturated heterocycles. The first-order valence-corrected chi connectivity index (χ1v) is 11.3. The molecule has 0 heterocycles. The van der Waals surface area contributed by atoms with E-state index in [2.05, 4.69) is 4.72 Å². The van der Waals surface area contributed by atoms with Crippen LogP contribution in [0.5, 0.6) is 5.75 Å². The van der Waals surface area contributed by atoms with Crippen molar-refractivity contribution in [3.05, 3.63) is 46.4 Å². The number of halogens is 2. The van der Waals surface area contributed by atoms with Crippen molar-refractivity contribution in [2.24, 2.45) is 0 Å². The van der Waals surface area contributed by atoms with Crippen molar-refractivity contribution in [3.63, 3.8) is 0 Å². The first-order valence-electron chi connectivity index (χ1n) is 7.66. The van der Waals surface area contributed by atoms with E-state index in [1.165, 1.54) is 50.5 Å². The summed E-state index contributed by atoms with van der Waals surface area (Å²) in [6.07, 6.45) is 0. The number of anilines is 1. The standard InChI is InChI=1S/C16H18Cl2N2O5S2/c1-4-25-15-8-5-11(9-16(15)27(23,24)20(2)3)19-26(21,22)12-6-7-13(17)14(18)10-12/h5-10,19H,4H2,1-3H3. The molecule has 7 nitrogen and oxygen atoms in total. The highest BCUT2D eigenvalue weighted by molar-refractivity contribution is 7.92. The van der Waals surface area contributed by atoms with Crippen LogP contribution in [0.25, 0.3) is 0 Å². The zero-order valence-electron chi connectivity index (χ0n) is 14.7. The summed E-state index contributed by atoms with van der Waals surface area (Å²) < 4.78 is 58.9. The highest BCUT2D eigenvalue weighted by Crippen LogP contribution is 2.31. The van der Waals surface area contributed by atoms with Crippen molar-refractivity contribution in [1.29, 1.82) is 0 Å². The molecule has 0 aromatic heterocycles. The summed E-state index contributed by atoms with van der Waals surface area (Å²) in [6, 6.07) is 7.87. The van der Waals surface area contributed by atoms with Gasteiger partial charge < -0.3 is 4.74 Å². The van der Waals surface area contributed by atoms with Crippen LogP contribution in [-0.4, -0.2) is 41.8 Å². The van der Waals surface area contributed by atoms with Crippen LogP contribution in [0.15, 0.2) is 46.2 Å². The van der Waals surface area contributed by atoms with Crippen LogP contribution in [0.4, 0.5) is 5.69 Å². The van der Waals surface area contributed by atoms with Gasteiger partial charge in [-0.2, -0.15) is 0 Å². The first kappa shape index (κ1) is 21.8. The van der Waals surface area contributed by atoms with E-state index < -0.39 is 20.0 Å². The van der Waals surface area contributed by atoms with E-state index in [-0.39, 0.29) is 37.9 Å². The molecule has 148 valence electrons. The number of rotatable bonds is 7. The zero-order chi connectivity index (χ0) is 20.4. The summed E-state index contributed by atoms with van der Waals surface area (Å²) in [5.41, 5.74) is 0.0601. The van der Waals surface area contributed by atoms with E-state index >= 15 is 0 Å². The molecular weight excluding hydrogens is 435 g/mol. The van der Waals surface area contributed by atoms with Crippen LogP contribution >= 0.6 is 23.2 Å². The maximum absolute atomic E-state index is 12.6. The Morgan fingerprint density at radius 3 is 2.22 bits per heavy atom. The van der Waals surface area contributed by atoms with Gasteiger partial charge in [-0.1, -0.05) is 23.2 Å². The predicted octanol–water partition coefficient (Wildman–Crippen LogP) is 3.44. The van der Waals surface area contributed by atoms with Crippen LogP contribution in [0, 0.1) is 0 Å². The SMILES string of the molecule is CCOc1ccc(NS(=O)(=O)c2ccc(Cl)c(Cl)c2)cc1S(=O)(=O)N(C)C. The average Bonchev–Trinajstić information content (AvgIpc) is 2.58. The Kier molecular flexibility index (Phi) is 6.64. The normalized spacial score (nSPS) is 12.2. The molecule has 27 heavy (non-hydrogen) atoms. The van der Waals surface area contributed by atoms with Crippen molar-refractivity contribution < 1.29 is 21.6 Å². The second kappa shape index (κ2) is 8.24. The highest BCUT2D eigenvalue weighted by atomic mass is 35.5. The summed E-state index contributed by atoms with van der Waals surface area (Å²) in [4.78, 5) is -0.258. The molecule has 0 aliphatic heterocycles.